The maximum atomic E-state index is 8.99. The van der Waals surface area contributed by atoms with E-state index < -0.39 is 0 Å². The van der Waals surface area contributed by atoms with Crippen molar-refractivity contribution in [3.63, 3.8) is 0 Å². The molecule has 4 heteroatoms. The van der Waals surface area contributed by atoms with E-state index in [0.717, 1.165) is 11.3 Å². The van der Waals surface area contributed by atoms with Gasteiger partial charge in [-0.15, -0.1) is 0 Å². The van der Waals surface area contributed by atoms with Crippen LogP contribution in [-0.4, -0.2) is 5.11 Å². The maximum absolute atomic E-state index is 8.99. The van der Waals surface area contributed by atoms with Crippen LogP contribution in [0.2, 0.25) is 0 Å². The Morgan fingerprint density at radius 3 is 2.47 bits per heavy atom. The molecule has 0 heterocycles. The van der Waals surface area contributed by atoms with Crippen molar-refractivity contribution >= 4 is 23.0 Å². The molecule has 3 nitrogen and oxygen atoms in total. The van der Waals surface area contributed by atoms with Gasteiger partial charge in [-0.05, 0) is 29.9 Å². The number of nitrogens with one attached hydrogen (secondary N) is 2. The molecule has 0 unspecified atom stereocenters. The van der Waals surface area contributed by atoms with Crippen molar-refractivity contribution in [3.05, 3.63) is 65.7 Å². The van der Waals surface area contributed by atoms with Gasteiger partial charge < -0.3 is 10.6 Å². The summed E-state index contributed by atoms with van der Waals surface area (Å²) in [6, 6.07) is 19.4. The van der Waals surface area contributed by atoms with Crippen molar-refractivity contribution in [2.45, 2.75) is 6.54 Å². The lowest BCUT2D eigenvalue weighted by Crippen LogP contribution is -2.28. The highest BCUT2D eigenvalue weighted by molar-refractivity contribution is 7.80. The highest BCUT2D eigenvalue weighted by Crippen LogP contribution is 2.13. The van der Waals surface area contributed by atoms with E-state index in [4.69, 9.17) is 17.5 Å². The van der Waals surface area contributed by atoms with Gasteiger partial charge in [-0.3, -0.25) is 0 Å². The number of thiocarbonyl (C=S) groups is 1. The lowest BCUT2D eigenvalue weighted by atomic mass is 10.2. The quantitative estimate of drug-likeness (QED) is 0.839. The molecule has 0 aliphatic carbocycles. The second kappa shape index (κ2) is 6.53. The van der Waals surface area contributed by atoms with Crippen LogP contribution in [0.3, 0.4) is 0 Å². The molecule has 2 N–H and O–H groups in total. The molecule has 0 aromatic heterocycles. The van der Waals surface area contributed by atoms with Crippen LogP contribution < -0.4 is 10.6 Å². The molecule has 94 valence electrons. The molecule has 0 atom stereocenters. The van der Waals surface area contributed by atoms with E-state index in [-0.39, 0.29) is 0 Å². The van der Waals surface area contributed by atoms with Gasteiger partial charge in [-0.1, -0.05) is 42.5 Å². The Balaban J connectivity index is 1.93. The minimum absolute atomic E-state index is 0.506. The van der Waals surface area contributed by atoms with Crippen molar-refractivity contribution in [2.24, 2.45) is 0 Å². The zero-order valence-corrected chi connectivity index (χ0v) is 11.1. The van der Waals surface area contributed by atoms with Gasteiger partial charge in [-0.2, -0.15) is 5.26 Å². The molecule has 2 rings (SSSR count). The van der Waals surface area contributed by atoms with Crippen LogP contribution >= 0.6 is 12.2 Å². The summed E-state index contributed by atoms with van der Waals surface area (Å²) in [6.07, 6.45) is 0. The van der Waals surface area contributed by atoms with Gasteiger partial charge >= 0.3 is 0 Å². The Morgan fingerprint density at radius 2 is 1.74 bits per heavy atom. The third kappa shape index (κ3) is 3.80. The number of benzene rings is 2. The van der Waals surface area contributed by atoms with E-state index in [1.165, 1.54) is 0 Å². The Labute approximate surface area is 117 Å². The van der Waals surface area contributed by atoms with Crippen molar-refractivity contribution in [2.75, 3.05) is 5.32 Å². The molecule has 0 fully saturated rings. The predicted molar refractivity (Wildman–Crippen MR) is 80.7 cm³/mol. The molecule has 2 aromatic rings. The molecular formula is C15H13N3S. The third-order valence-corrected chi connectivity index (χ3v) is 2.84. The summed E-state index contributed by atoms with van der Waals surface area (Å²) in [5.41, 5.74) is 2.45. The molecule has 0 amide bonds. The normalized spacial score (nSPS) is 9.42. The van der Waals surface area contributed by atoms with E-state index in [0.29, 0.717) is 17.2 Å². The maximum Gasteiger partial charge on any atom is 0.171 e. The Hall–Kier alpha value is -2.38. The Kier molecular flexibility index (Phi) is 4.49. The number of para-hydroxylation sites is 1. The highest BCUT2D eigenvalue weighted by atomic mass is 32.1. The summed E-state index contributed by atoms with van der Waals surface area (Å²) in [7, 11) is 0. The second-order valence-corrected chi connectivity index (χ2v) is 4.36. The Bertz CT molecular complexity index is 602. The molecule has 0 bridgehead atoms. The summed E-state index contributed by atoms with van der Waals surface area (Å²) in [6.45, 7) is 0.654. The van der Waals surface area contributed by atoms with Gasteiger partial charge in [0.1, 0.15) is 6.07 Å². The van der Waals surface area contributed by atoms with Crippen molar-refractivity contribution < 1.29 is 0 Å². The van der Waals surface area contributed by atoms with Crippen LogP contribution in [0, 0.1) is 11.3 Å². The monoisotopic (exact) mass is 267 g/mol. The van der Waals surface area contributed by atoms with Crippen LogP contribution in [0.4, 0.5) is 5.69 Å². The molecule has 19 heavy (non-hydrogen) atoms. The summed E-state index contributed by atoms with van der Waals surface area (Å²) in [5, 5.41) is 15.6. The number of anilines is 1. The predicted octanol–water partition coefficient (Wildman–Crippen LogP) is 3.04. The lowest BCUT2D eigenvalue weighted by Gasteiger charge is -2.11. The summed E-state index contributed by atoms with van der Waals surface area (Å²) in [5.74, 6) is 0. The van der Waals surface area contributed by atoms with Crippen LogP contribution in [0.1, 0.15) is 11.1 Å². The minimum Gasteiger partial charge on any atom is -0.358 e. The molecule has 2 aromatic carbocycles. The van der Waals surface area contributed by atoms with Crippen LogP contribution in [0.15, 0.2) is 54.6 Å². The van der Waals surface area contributed by atoms with Gasteiger partial charge in [-0.25, -0.2) is 0 Å². The number of hydrogen-bond acceptors (Lipinski definition) is 2. The first-order chi connectivity index (χ1) is 9.29. The third-order valence-electron chi connectivity index (χ3n) is 2.59. The molecular weight excluding hydrogens is 254 g/mol. The average Bonchev–Trinajstić information content (AvgIpc) is 2.47. The van der Waals surface area contributed by atoms with E-state index in [9.17, 15) is 0 Å². The first kappa shape index (κ1) is 13.1. The largest absolute Gasteiger partial charge is 0.358 e. The smallest absolute Gasteiger partial charge is 0.171 e. The molecule has 0 aliphatic rings. The van der Waals surface area contributed by atoms with Gasteiger partial charge in [0.2, 0.25) is 0 Å². The molecule has 0 saturated carbocycles. The fourth-order valence-electron chi connectivity index (χ4n) is 1.63. The topological polar surface area (TPSA) is 47.9 Å². The fraction of sp³-hybridized carbons (Fsp3) is 0.0667. The van der Waals surface area contributed by atoms with Crippen LogP contribution in [0.25, 0.3) is 0 Å². The zero-order valence-electron chi connectivity index (χ0n) is 10.3. The van der Waals surface area contributed by atoms with Gasteiger partial charge in [0, 0.05) is 6.54 Å². The van der Waals surface area contributed by atoms with Gasteiger partial charge in [0.15, 0.2) is 5.11 Å². The summed E-state index contributed by atoms with van der Waals surface area (Å²) in [4.78, 5) is 0. The van der Waals surface area contributed by atoms with Gasteiger partial charge in [0.25, 0.3) is 0 Å². The van der Waals surface area contributed by atoms with E-state index in [2.05, 4.69) is 16.7 Å². The number of hydrogen-bond donors (Lipinski definition) is 2. The highest BCUT2D eigenvalue weighted by Gasteiger charge is 2.02. The average molecular weight is 267 g/mol. The number of nitriles is 1. The van der Waals surface area contributed by atoms with E-state index in [1.54, 1.807) is 6.07 Å². The summed E-state index contributed by atoms with van der Waals surface area (Å²) < 4.78 is 0. The lowest BCUT2D eigenvalue weighted by molar-refractivity contribution is 0.926. The van der Waals surface area contributed by atoms with E-state index in [1.807, 2.05) is 48.5 Å². The first-order valence-electron chi connectivity index (χ1n) is 5.87. The Morgan fingerprint density at radius 1 is 1.05 bits per heavy atom. The zero-order chi connectivity index (χ0) is 13.5. The minimum atomic E-state index is 0.506. The van der Waals surface area contributed by atoms with E-state index >= 15 is 0 Å². The van der Waals surface area contributed by atoms with Crippen molar-refractivity contribution in [3.8, 4) is 6.07 Å². The fourth-order valence-corrected chi connectivity index (χ4v) is 1.82. The molecule has 0 spiro atoms. The number of rotatable bonds is 3. The first-order valence-corrected chi connectivity index (χ1v) is 6.28. The SMILES string of the molecule is N#Cc1ccccc1NC(=S)NCc1ccccc1. The molecule has 0 radical (unpaired) electrons. The second-order valence-electron chi connectivity index (χ2n) is 3.95. The van der Waals surface area contributed by atoms with Crippen molar-refractivity contribution in [1.29, 1.82) is 5.26 Å². The van der Waals surface area contributed by atoms with Crippen LogP contribution in [0.5, 0.6) is 0 Å². The molecule has 0 aliphatic heterocycles. The standard InChI is InChI=1S/C15H13N3S/c16-10-13-8-4-5-9-14(13)18-15(19)17-11-12-6-2-1-3-7-12/h1-9H,11H2,(H2,17,18,19). The van der Waals surface area contributed by atoms with Crippen LogP contribution in [-0.2, 0) is 6.54 Å². The number of nitrogens with zero attached hydrogens (tertiary/aromatic N) is 1. The molecule has 0 saturated heterocycles. The van der Waals surface area contributed by atoms with Crippen molar-refractivity contribution in [1.82, 2.24) is 5.32 Å². The van der Waals surface area contributed by atoms with Gasteiger partial charge in [0.05, 0.1) is 11.3 Å². The summed E-state index contributed by atoms with van der Waals surface area (Å²) >= 11 is 5.21.